The first-order chi connectivity index (χ1) is 9.31. The van der Waals surface area contributed by atoms with Gasteiger partial charge in [0.25, 0.3) is 0 Å². The van der Waals surface area contributed by atoms with Gasteiger partial charge in [-0.15, -0.1) is 24.0 Å². The van der Waals surface area contributed by atoms with Crippen LogP contribution in [-0.2, 0) is 13.0 Å². The Morgan fingerprint density at radius 3 is 2.45 bits per heavy atom. The number of aryl methyl sites for hydroxylation is 1. The molecule has 0 spiro atoms. The van der Waals surface area contributed by atoms with Crippen molar-refractivity contribution in [2.24, 2.45) is 4.99 Å². The van der Waals surface area contributed by atoms with Crippen molar-refractivity contribution in [2.75, 3.05) is 25.1 Å². The standard InChI is InChI=1S/C15H25N3S.HI/c1-4-13-8-6-7-9-14(13)12-18-15(16-5-2)17-10-11-19-3;/h6-9H,4-5,10-12H2,1-3H3,(H2,16,17,18);1H. The van der Waals surface area contributed by atoms with Crippen LogP contribution < -0.4 is 10.6 Å². The summed E-state index contributed by atoms with van der Waals surface area (Å²) in [7, 11) is 0. The molecule has 0 bridgehead atoms. The summed E-state index contributed by atoms with van der Waals surface area (Å²) in [5.41, 5.74) is 2.69. The Morgan fingerprint density at radius 2 is 1.85 bits per heavy atom. The van der Waals surface area contributed by atoms with E-state index in [1.54, 1.807) is 0 Å². The van der Waals surface area contributed by atoms with Crippen LogP contribution in [0, 0.1) is 0 Å². The maximum Gasteiger partial charge on any atom is 0.191 e. The summed E-state index contributed by atoms with van der Waals surface area (Å²) < 4.78 is 0. The minimum Gasteiger partial charge on any atom is -0.357 e. The average Bonchev–Trinajstić information content (AvgIpc) is 2.45. The quantitative estimate of drug-likeness (QED) is 0.315. The molecule has 20 heavy (non-hydrogen) atoms. The van der Waals surface area contributed by atoms with E-state index in [2.05, 4.69) is 60.0 Å². The molecule has 0 saturated carbocycles. The molecule has 2 N–H and O–H groups in total. The molecule has 1 rings (SSSR count). The van der Waals surface area contributed by atoms with E-state index in [1.807, 2.05) is 11.8 Å². The number of halogens is 1. The van der Waals surface area contributed by atoms with Crippen molar-refractivity contribution >= 4 is 41.7 Å². The molecular weight excluding hydrogens is 381 g/mol. The average molecular weight is 407 g/mol. The molecule has 0 amide bonds. The number of benzene rings is 1. The molecular formula is C15H26IN3S. The van der Waals surface area contributed by atoms with Crippen LogP contribution in [0.3, 0.4) is 0 Å². The number of guanidine groups is 1. The topological polar surface area (TPSA) is 36.4 Å². The molecule has 0 aliphatic carbocycles. The zero-order valence-electron chi connectivity index (χ0n) is 12.6. The zero-order chi connectivity index (χ0) is 13.9. The van der Waals surface area contributed by atoms with E-state index in [1.165, 1.54) is 11.1 Å². The largest absolute Gasteiger partial charge is 0.357 e. The third-order valence-corrected chi connectivity index (χ3v) is 3.46. The minimum atomic E-state index is 0. The van der Waals surface area contributed by atoms with Crippen molar-refractivity contribution < 1.29 is 0 Å². The Hall–Kier alpha value is -0.430. The molecule has 3 nitrogen and oxygen atoms in total. The summed E-state index contributed by atoms with van der Waals surface area (Å²) in [6.07, 6.45) is 3.17. The van der Waals surface area contributed by atoms with Gasteiger partial charge in [0.05, 0.1) is 6.54 Å². The number of thioether (sulfide) groups is 1. The van der Waals surface area contributed by atoms with Gasteiger partial charge in [0.2, 0.25) is 0 Å². The second kappa shape index (κ2) is 12.3. The summed E-state index contributed by atoms with van der Waals surface area (Å²) in [5, 5.41) is 6.63. The summed E-state index contributed by atoms with van der Waals surface area (Å²) >= 11 is 1.84. The van der Waals surface area contributed by atoms with Gasteiger partial charge in [0.1, 0.15) is 0 Å². The van der Waals surface area contributed by atoms with Crippen LogP contribution in [0.25, 0.3) is 0 Å². The second-order valence-corrected chi connectivity index (χ2v) is 5.22. The van der Waals surface area contributed by atoms with Gasteiger partial charge in [-0.1, -0.05) is 31.2 Å². The predicted molar refractivity (Wildman–Crippen MR) is 102 cm³/mol. The molecule has 0 aliphatic heterocycles. The normalized spacial score (nSPS) is 10.8. The summed E-state index contributed by atoms with van der Waals surface area (Å²) in [6, 6.07) is 8.51. The Balaban J connectivity index is 0.00000361. The Labute approximate surface area is 144 Å². The van der Waals surface area contributed by atoms with Gasteiger partial charge in [-0.05, 0) is 30.7 Å². The highest BCUT2D eigenvalue weighted by molar-refractivity contribution is 14.0. The molecule has 0 heterocycles. The van der Waals surface area contributed by atoms with E-state index in [0.29, 0.717) is 0 Å². The predicted octanol–water partition coefficient (Wildman–Crippen LogP) is 3.29. The monoisotopic (exact) mass is 407 g/mol. The van der Waals surface area contributed by atoms with E-state index in [4.69, 9.17) is 0 Å². The first kappa shape index (κ1) is 19.6. The fourth-order valence-corrected chi connectivity index (χ4v) is 2.14. The summed E-state index contributed by atoms with van der Waals surface area (Å²) in [5.74, 6) is 2.00. The lowest BCUT2D eigenvalue weighted by molar-refractivity contribution is 0.840. The first-order valence-electron chi connectivity index (χ1n) is 6.89. The molecule has 1 aromatic carbocycles. The molecule has 0 aromatic heterocycles. The van der Waals surface area contributed by atoms with Gasteiger partial charge in [0, 0.05) is 18.8 Å². The Bertz CT molecular complexity index is 396. The van der Waals surface area contributed by atoms with Gasteiger partial charge in [-0.3, -0.25) is 0 Å². The van der Waals surface area contributed by atoms with Crippen LogP contribution in [0.15, 0.2) is 29.3 Å². The number of rotatable bonds is 7. The number of nitrogens with zero attached hydrogens (tertiary/aromatic N) is 1. The second-order valence-electron chi connectivity index (χ2n) is 4.24. The van der Waals surface area contributed by atoms with Gasteiger partial charge >= 0.3 is 0 Å². The molecule has 5 heteroatoms. The number of hydrogen-bond donors (Lipinski definition) is 2. The van der Waals surface area contributed by atoms with Crippen LogP contribution >= 0.6 is 35.7 Å². The molecule has 0 unspecified atom stereocenters. The number of hydrogen-bond acceptors (Lipinski definition) is 2. The lowest BCUT2D eigenvalue weighted by Gasteiger charge is -2.11. The molecule has 0 saturated heterocycles. The Morgan fingerprint density at radius 1 is 1.15 bits per heavy atom. The van der Waals surface area contributed by atoms with Gasteiger partial charge < -0.3 is 10.6 Å². The van der Waals surface area contributed by atoms with Crippen LogP contribution in [0.4, 0.5) is 0 Å². The lowest BCUT2D eigenvalue weighted by Crippen LogP contribution is -2.38. The van der Waals surface area contributed by atoms with Gasteiger partial charge in [-0.2, -0.15) is 11.8 Å². The number of aliphatic imine (C=N–C) groups is 1. The van der Waals surface area contributed by atoms with Gasteiger partial charge in [0.15, 0.2) is 5.96 Å². The highest BCUT2D eigenvalue weighted by Crippen LogP contribution is 2.10. The smallest absolute Gasteiger partial charge is 0.191 e. The maximum atomic E-state index is 4.65. The van der Waals surface area contributed by atoms with Crippen LogP contribution in [-0.4, -0.2) is 31.1 Å². The van der Waals surface area contributed by atoms with Crippen molar-refractivity contribution in [3.8, 4) is 0 Å². The van der Waals surface area contributed by atoms with Crippen molar-refractivity contribution in [1.82, 2.24) is 10.6 Å². The van der Waals surface area contributed by atoms with Crippen molar-refractivity contribution in [3.05, 3.63) is 35.4 Å². The highest BCUT2D eigenvalue weighted by atomic mass is 127. The zero-order valence-corrected chi connectivity index (χ0v) is 15.8. The molecule has 114 valence electrons. The molecule has 0 fully saturated rings. The lowest BCUT2D eigenvalue weighted by atomic mass is 10.1. The van der Waals surface area contributed by atoms with E-state index < -0.39 is 0 Å². The Kier molecular flexibility index (Phi) is 12.1. The van der Waals surface area contributed by atoms with Crippen molar-refractivity contribution in [3.63, 3.8) is 0 Å². The fourth-order valence-electron chi connectivity index (χ4n) is 1.83. The van der Waals surface area contributed by atoms with Gasteiger partial charge in [-0.25, -0.2) is 4.99 Å². The van der Waals surface area contributed by atoms with E-state index in [0.717, 1.165) is 37.8 Å². The molecule has 0 atom stereocenters. The third kappa shape index (κ3) is 7.38. The van der Waals surface area contributed by atoms with Crippen LogP contribution in [0.5, 0.6) is 0 Å². The minimum absolute atomic E-state index is 0. The highest BCUT2D eigenvalue weighted by Gasteiger charge is 2.00. The van der Waals surface area contributed by atoms with E-state index in [9.17, 15) is 0 Å². The van der Waals surface area contributed by atoms with Crippen LogP contribution in [0.2, 0.25) is 0 Å². The number of nitrogens with one attached hydrogen (secondary N) is 2. The van der Waals surface area contributed by atoms with Crippen LogP contribution in [0.1, 0.15) is 25.0 Å². The van der Waals surface area contributed by atoms with E-state index in [-0.39, 0.29) is 24.0 Å². The summed E-state index contributed by atoms with van der Waals surface area (Å²) in [6.45, 7) is 6.85. The molecule has 1 aromatic rings. The third-order valence-electron chi connectivity index (χ3n) is 2.85. The van der Waals surface area contributed by atoms with Crippen molar-refractivity contribution in [1.29, 1.82) is 0 Å². The first-order valence-corrected chi connectivity index (χ1v) is 8.29. The SMILES string of the molecule is CCNC(=NCc1ccccc1CC)NCCSC.I. The van der Waals surface area contributed by atoms with E-state index >= 15 is 0 Å². The maximum absolute atomic E-state index is 4.65. The summed E-state index contributed by atoms with van der Waals surface area (Å²) in [4.78, 5) is 4.65. The van der Waals surface area contributed by atoms with Crippen molar-refractivity contribution in [2.45, 2.75) is 26.8 Å². The fraction of sp³-hybridized carbons (Fsp3) is 0.533. The molecule has 0 aliphatic rings. The molecule has 0 radical (unpaired) electrons.